The van der Waals surface area contributed by atoms with Gasteiger partial charge in [0.15, 0.2) is 11.6 Å². The van der Waals surface area contributed by atoms with Gasteiger partial charge in [0.2, 0.25) is 0 Å². The van der Waals surface area contributed by atoms with Crippen molar-refractivity contribution in [3.05, 3.63) is 63.1 Å². The highest BCUT2D eigenvalue weighted by Gasteiger charge is 2.17. The number of benzene rings is 1. The lowest BCUT2D eigenvalue weighted by Crippen LogP contribution is -2.07. The number of carbonyl (C=O) groups is 1. The maximum absolute atomic E-state index is 13.8. The number of ketones is 1. The van der Waals surface area contributed by atoms with E-state index >= 15 is 0 Å². The van der Waals surface area contributed by atoms with E-state index in [9.17, 15) is 9.18 Å². The molecule has 5 heteroatoms. The number of Topliss-reactive ketones (excluding diaryl/α,β-unsaturated/α-hetero) is 1. The second-order valence-electron chi connectivity index (χ2n) is 3.64. The number of aromatic nitrogens is 1. The molecule has 0 saturated heterocycles. The zero-order valence-electron chi connectivity index (χ0n) is 9.16. The van der Waals surface area contributed by atoms with Gasteiger partial charge in [-0.2, -0.15) is 0 Å². The highest BCUT2D eigenvalue weighted by atomic mass is 79.9. The lowest BCUT2D eigenvalue weighted by atomic mass is 10.1. The Bertz CT molecular complexity index is 589. The lowest BCUT2D eigenvalue weighted by Gasteiger charge is -2.05. The molecule has 92 valence electrons. The Morgan fingerprint density at radius 1 is 1.33 bits per heavy atom. The topological polar surface area (TPSA) is 30.0 Å². The van der Waals surface area contributed by atoms with Gasteiger partial charge in [-0.25, -0.2) is 4.39 Å². The minimum atomic E-state index is -0.702. The molecule has 2 nitrogen and oxygen atoms in total. The summed E-state index contributed by atoms with van der Waals surface area (Å²) in [5, 5.41) is -0.0816. The third-order valence-electron chi connectivity index (χ3n) is 2.40. The Kier molecular flexibility index (Phi) is 4.09. The zero-order valence-corrected chi connectivity index (χ0v) is 11.5. The van der Waals surface area contributed by atoms with Crippen LogP contribution in [0.25, 0.3) is 0 Å². The minimum absolute atomic E-state index is 0.0196. The van der Waals surface area contributed by atoms with E-state index in [1.165, 1.54) is 6.07 Å². The highest BCUT2D eigenvalue weighted by Crippen LogP contribution is 2.28. The van der Waals surface area contributed by atoms with Crippen LogP contribution in [0.3, 0.4) is 0 Å². The summed E-state index contributed by atoms with van der Waals surface area (Å²) >= 11 is 8.84. The molecule has 2 rings (SSSR count). The Morgan fingerprint density at radius 3 is 2.78 bits per heavy atom. The van der Waals surface area contributed by atoms with Crippen LogP contribution in [0.5, 0.6) is 0 Å². The summed E-state index contributed by atoms with van der Waals surface area (Å²) in [5.74, 6) is -1.05. The summed E-state index contributed by atoms with van der Waals surface area (Å²) in [7, 11) is 0. The van der Waals surface area contributed by atoms with Gasteiger partial charge in [0.05, 0.1) is 17.0 Å². The van der Waals surface area contributed by atoms with Crippen LogP contribution in [0, 0.1) is 5.82 Å². The maximum atomic E-state index is 13.8. The van der Waals surface area contributed by atoms with Crippen molar-refractivity contribution in [1.29, 1.82) is 0 Å². The van der Waals surface area contributed by atoms with Gasteiger partial charge in [-0.1, -0.05) is 17.7 Å². The molecule has 0 aliphatic rings. The van der Waals surface area contributed by atoms with Crippen LogP contribution in [0.4, 0.5) is 4.39 Å². The molecule has 0 unspecified atom stereocenters. The average molecular weight is 329 g/mol. The summed E-state index contributed by atoms with van der Waals surface area (Å²) in [6, 6.07) is 8.22. The highest BCUT2D eigenvalue weighted by molar-refractivity contribution is 9.10. The Morgan fingerprint density at radius 2 is 2.11 bits per heavy atom. The molecule has 0 N–H and O–H groups in total. The number of nitrogens with zero attached hydrogens (tertiary/aromatic N) is 1. The minimum Gasteiger partial charge on any atom is -0.294 e. The van der Waals surface area contributed by atoms with Gasteiger partial charge >= 0.3 is 0 Å². The van der Waals surface area contributed by atoms with E-state index in [1.807, 2.05) is 0 Å². The van der Waals surface area contributed by atoms with E-state index in [1.54, 1.807) is 30.5 Å². The molecule has 0 radical (unpaired) electrons. The molecule has 0 aliphatic heterocycles. The number of hydrogen-bond donors (Lipinski definition) is 0. The monoisotopic (exact) mass is 327 g/mol. The van der Waals surface area contributed by atoms with Crippen LogP contribution >= 0.6 is 27.5 Å². The summed E-state index contributed by atoms with van der Waals surface area (Å²) in [4.78, 5) is 16.0. The largest absolute Gasteiger partial charge is 0.294 e. The van der Waals surface area contributed by atoms with E-state index in [4.69, 9.17) is 11.6 Å². The molecule has 1 aromatic heterocycles. The van der Waals surface area contributed by atoms with Gasteiger partial charge < -0.3 is 0 Å². The molecule has 1 aromatic carbocycles. The normalized spacial score (nSPS) is 10.4. The molecule has 1 heterocycles. The summed E-state index contributed by atoms with van der Waals surface area (Å²) in [5.41, 5.74) is 0.579. The first-order valence-electron chi connectivity index (χ1n) is 5.16. The first-order chi connectivity index (χ1) is 8.59. The van der Waals surface area contributed by atoms with Crippen molar-refractivity contribution in [2.75, 3.05) is 0 Å². The summed E-state index contributed by atoms with van der Waals surface area (Å²) < 4.78 is 14.2. The zero-order chi connectivity index (χ0) is 13.1. The molecule has 2 aromatic rings. The number of carbonyl (C=O) groups excluding carboxylic acids is 1. The summed E-state index contributed by atoms with van der Waals surface area (Å²) in [6.07, 6.45) is 1.64. The molecule has 0 atom stereocenters. The van der Waals surface area contributed by atoms with Crippen molar-refractivity contribution in [1.82, 2.24) is 4.98 Å². The van der Waals surface area contributed by atoms with Crippen molar-refractivity contribution in [2.45, 2.75) is 6.42 Å². The number of pyridine rings is 1. The third kappa shape index (κ3) is 2.76. The second kappa shape index (κ2) is 5.59. The Balaban J connectivity index is 2.28. The van der Waals surface area contributed by atoms with E-state index in [-0.39, 0.29) is 22.8 Å². The molecule has 0 fully saturated rings. The Labute approximate surface area is 117 Å². The smallest absolute Gasteiger partial charge is 0.171 e. The molecular formula is C13H8BrClFNO. The predicted molar refractivity (Wildman–Crippen MR) is 71.4 cm³/mol. The lowest BCUT2D eigenvalue weighted by molar-refractivity contribution is 0.0988. The first kappa shape index (κ1) is 13.2. The standard InChI is InChI=1S/C13H8BrClFNO/c14-10-5-4-9(13(16)12(10)15)11(18)7-8-3-1-2-6-17-8/h1-6H,7H2. The van der Waals surface area contributed by atoms with E-state index in [2.05, 4.69) is 20.9 Å². The van der Waals surface area contributed by atoms with Crippen LogP contribution < -0.4 is 0 Å². The molecule has 0 bridgehead atoms. The van der Waals surface area contributed by atoms with Gasteiger partial charge in [0.25, 0.3) is 0 Å². The molecule has 0 amide bonds. The van der Waals surface area contributed by atoms with Crippen LogP contribution in [0.1, 0.15) is 16.1 Å². The van der Waals surface area contributed by atoms with Crippen LogP contribution in [-0.4, -0.2) is 10.8 Å². The fourth-order valence-corrected chi connectivity index (χ4v) is 1.97. The third-order valence-corrected chi connectivity index (χ3v) is 3.66. The van der Waals surface area contributed by atoms with E-state index in [0.29, 0.717) is 10.2 Å². The van der Waals surface area contributed by atoms with Crippen molar-refractivity contribution in [3.63, 3.8) is 0 Å². The van der Waals surface area contributed by atoms with Gasteiger partial charge in [-0.15, -0.1) is 0 Å². The predicted octanol–water partition coefficient (Wildman–Crippen LogP) is 4.06. The quantitative estimate of drug-likeness (QED) is 0.628. The van der Waals surface area contributed by atoms with Gasteiger partial charge in [-0.05, 0) is 40.2 Å². The molecule has 0 saturated carbocycles. The second-order valence-corrected chi connectivity index (χ2v) is 4.88. The van der Waals surface area contributed by atoms with Crippen LogP contribution in [0.2, 0.25) is 5.02 Å². The number of hydrogen-bond acceptors (Lipinski definition) is 2. The van der Waals surface area contributed by atoms with Gasteiger partial charge in [0.1, 0.15) is 0 Å². The van der Waals surface area contributed by atoms with Gasteiger partial charge in [-0.3, -0.25) is 9.78 Å². The molecular weight excluding hydrogens is 321 g/mol. The van der Waals surface area contributed by atoms with Crippen LogP contribution in [-0.2, 0) is 6.42 Å². The number of halogens is 3. The SMILES string of the molecule is O=C(Cc1ccccn1)c1ccc(Br)c(Cl)c1F. The maximum Gasteiger partial charge on any atom is 0.171 e. The average Bonchev–Trinajstić information content (AvgIpc) is 2.37. The van der Waals surface area contributed by atoms with E-state index < -0.39 is 5.82 Å². The molecule has 0 spiro atoms. The fourth-order valence-electron chi connectivity index (χ4n) is 1.50. The summed E-state index contributed by atoms with van der Waals surface area (Å²) in [6.45, 7) is 0. The first-order valence-corrected chi connectivity index (χ1v) is 6.33. The molecule has 18 heavy (non-hydrogen) atoms. The van der Waals surface area contributed by atoms with Crippen molar-refractivity contribution >= 4 is 33.3 Å². The fraction of sp³-hybridized carbons (Fsp3) is 0.0769. The van der Waals surface area contributed by atoms with Crippen molar-refractivity contribution < 1.29 is 9.18 Å². The Hall–Kier alpha value is -1.26. The number of rotatable bonds is 3. The van der Waals surface area contributed by atoms with Crippen molar-refractivity contribution in [3.8, 4) is 0 Å². The molecule has 0 aliphatic carbocycles. The van der Waals surface area contributed by atoms with Crippen molar-refractivity contribution in [2.24, 2.45) is 0 Å². The van der Waals surface area contributed by atoms with Gasteiger partial charge in [0, 0.05) is 16.4 Å². The van der Waals surface area contributed by atoms with Crippen LogP contribution in [0.15, 0.2) is 41.0 Å². The van der Waals surface area contributed by atoms with E-state index in [0.717, 1.165) is 0 Å².